The fourth-order valence-corrected chi connectivity index (χ4v) is 4.84. The number of aromatic hydroxyl groups is 1. The lowest BCUT2D eigenvalue weighted by Crippen LogP contribution is -2.61. The van der Waals surface area contributed by atoms with E-state index in [1.165, 1.54) is 0 Å². The second-order valence-electron chi connectivity index (χ2n) is 9.88. The molecule has 8 heteroatoms. The fraction of sp³-hybridized carbons (Fsp3) is 0.333. The molecule has 3 aromatic rings. The van der Waals surface area contributed by atoms with Crippen LogP contribution in [0.2, 0.25) is 0 Å². The Hall–Kier alpha value is -4.04. The molecule has 2 amide bonds. The van der Waals surface area contributed by atoms with E-state index in [2.05, 4.69) is 0 Å². The minimum Gasteiger partial charge on any atom is -0.508 e. The van der Waals surface area contributed by atoms with E-state index in [0.29, 0.717) is 19.6 Å². The van der Waals surface area contributed by atoms with Crippen LogP contribution < -0.4 is 4.90 Å². The maximum Gasteiger partial charge on any atom is 0.410 e. The predicted molar refractivity (Wildman–Crippen MR) is 143 cm³/mol. The van der Waals surface area contributed by atoms with Crippen LogP contribution in [0.1, 0.15) is 29.5 Å². The van der Waals surface area contributed by atoms with E-state index in [4.69, 9.17) is 4.74 Å². The molecular weight excluding hydrogens is 482 g/mol. The normalized spacial score (nSPS) is 17.2. The van der Waals surface area contributed by atoms with Crippen LogP contribution in [0, 0.1) is 0 Å². The van der Waals surface area contributed by atoms with Crippen molar-refractivity contribution in [3.05, 3.63) is 95.6 Å². The highest BCUT2D eigenvalue weighted by molar-refractivity contribution is 5.87. The van der Waals surface area contributed by atoms with Gasteiger partial charge < -0.3 is 29.6 Å². The maximum absolute atomic E-state index is 14.1. The number of nitrogens with zero attached hydrogens (tertiary/aromatic N) is 3. The van der Waals surface area contributed by atoms with Gasteiger partial charge in [-0.15, -0.1) is 0 Å². The third kappa shape index (κ3) is 6.08. The Kier molecular flexibility index (Phi) is 7.79. The van der Waals surface area contributed by atoms with Gasteiger partial charge in [0.15, 0.2) is 0 Å². The molecule has 1 saturated heterocycles. The second-order valence-corrected chi connectivity index (χ2v) is 9.88. The van der Waals surface area contributed by atoms with Gasteiger partial charge in [0, 0.05) is 31.4 Å². The van der Waals surface area contributed by atoms with Gasteiger partial charge in [-0.3, -0.25) is 4.79 Å². The summed E-state index contributed by atoms with van der Waals surface area (Å²) < 4.78 is 5.59. The third-order valence-electron chi connectivity index (χ3n) is 7.14. The van der Waals surface area contributed by atoms with Crippen molar-refractivity contribution in [2.45, 2.75) is 44.7 Å². The zero-order chi connectivity index (χ0) is 26.5. The van der Waals surface area contributed by atoms with Gasteiger partial charge in [-0.05, 0) is 53.8 Å². The van der Waals surface area contributed by atoms with Crippen LogP contribution in [0.25, 0.3) is 0 Å². The average Bonchev–Trinajstić information content (AvgIpc) is 3.81. The summed E-state index contributed by atoms with van der Waals surface area (Å²) in [7, 11) is 0. The molecule has 0 unspecified atom stereocenters. The number of aliphatic hydroxyl groups excluding tert-OH is 1. The number of carbonyl (C=O) groups is 2. The van der Waals surface area contributed by atoms with E-state index >= 15 is 0 Å². The third-order valence-corrected chi connectivity index (χ3v) is 7.14. The van der Waals surface area contributed by atoms with Crippen molar-refractivity contribution in [1.29, 1.82) is 0 Å². The molecule has 0 aromatic heterocycles. The second kappa shape index (κ2) is 11.6. The maximum atomic E-state index is 14.1. The van der Waals surface area contributed by atoms with E-state index in [1.54, 1.807) is 41.3 Å². The number of benzene rings is 3. The molecule has 0 spiro atoms. The number of amides is 2. The number of aliphatic hydroxyl groups is 1. The van der Waals surface area contributed by atoms with Crippen molar-refractivity contribution in [1.82, 2.24) is 9.80 Å². The standard InChI is InChI=1S/C30H33N3O5/c34-20-23-6-8-24(9-7-23)21-38-30(37)31-16-17-32(25-12-14-27(35)15-13-25)28(19-31)29(36)33(26-10-11-26)18-22-4-2-1-3-5-22/h1-9,12-15,26,28,34-35H,10-11,16-21H2/t28-/m1/s1. The zero-order valence-electron chi connectivity index (χ0n) is 21.3. The van der Waals surface area contributed by atoms with Crippen LogP contribution in [0.4, 0.5) is 10.5 Å². The Labute approximate surface area is 222 Å². The summed E-state index contributed by atoms with van der Waals surface area (Å²) in [6, 6.07) is 23.7. The molecule has 5 rings (SSSR count). The van der Waals surface area contributed by atoms with Crippen molar-refractivity contribution in [3.63, 3.8) is 0 Å². The van der Waals surface area contributed by atoms with Gasteiger partial charge in [0.05, 0.1) is 13.2 Å². The number of phenols is 1. The first-order valence-electron chi connectivity index (χ1n) is 13.0. The molecule has 2 aliphatic rings. The summed E-state index contributed by atoms with van der Waals surface area (Å²) in [4.78, 5) is 32.7. The summed E-state index contributed by atoms with van der Waals surface area (Å²) in [6.45, 7) is 1.69. The van der Waals surface area contributed by atoms with Gasteiger partial charge in [-0.1, -0.05) is 54.6 Å². The molecule has 2 fully saturated rings. The van der Waals surface area contributed by atoms with Gasteiger partial charge >= 0.3 is 6.09 Å². The van der Waals surface area contributed by atoms with Crippen molar-refractivity contribution < 1.29 is 24.5 Å². The van der Waals surface area contributed by atoms with E-state index < -0.39 is 12.1 Å². The Morgan fingerprint density at radius 1 is 0.868 bits per heavy atom. The van der Waals surface area contributed by atoms with Crippen molar-refractivity contribution in [2.24, 2.45) is 0 Å². The number of phenolic OH excluding ortho intramolecular Hbond substituents is 1. The Balaban J connectivity index is 1.33. The van der Waals surface area contributed by atoms with E-state index in [9.17, 15) is 19.8 Å². The number of ether oxygens (including phenoxy) is 1. The van der Waals surface area contributed by atoms with Crippen LogP contribution in [0.5, 0.6) is 5.75 Å². The first-order valence-corrected chi connectivity index (χ1v) is 13.0. The molecule has 1 heterocycles. The van der Waals surface area contributed by atoms with E-state index in [0.717, 1.165) is 35.2 Å². The van der Waals surface area contributed by atoms with Crippen LogP contribution in [-0.2, 0) is 29.3 Å². The molecule has 8 nitrogen and oxygen atoms in total. The largest absolute Gasteiger partial charge is 0.508 e. The highest BCUT2D eigenvalue weighted by Crippen LogP contribution is 2.32. The molecule has 0 radical (unpaired) electrons. The Bertz CT molecular complexity index is 1230. The molecule has 198 valence electrons. The van der Waals surface area contributed by atoms with Gasteiger partial charge in [0.2, 0.25) is 5.91 Å². The van der Waals surface area contributed by atoms with Crippen LogP contribution in [-0.4, -0.2) is 63.7 Å². The Morgan fingerprint density at radius 3 is 2.21 bits per heavy atom. The van der Waals surface area contributed by atoms with Gasteiger partial charge in [0.1, 0.15) is 18.4 Å². The summed E-state index contributed by atoms with van der Waals surface area (Å²) in [5, 5.41) is 19.0. The molecule has 3 aromatic carbocycles. The number of hydrogen-bond donors (Lipinski definition) is 2. The Morgan fingerprint density at radius 2 is 1.55 bits per heavy atom. The quantitative estimate of drug-likeness (QED) is 0.473. The lowest BCUT2D eigenvalue weighted by atomic mass is 10.1. The summed E-state index contributed by atoms with van der Waals surface area (Å²) in [5.74, 6) is 0.149. The van der Waals surface area contributed by atoms with Crippen molar-refractivity contribution in [3.8, 4) is 5.75 Å². The average molecular weight is 516 g/mol. The minimum atomic E-state index is -0.575. The first kappa shape index (κ1) is 25.6. The molecule has 1 aliphatic carbocycles. The minimum absolute atomic E-state index is 0.0125. The molecule has 2 N–H and O–H groups in total. The summed E-state index contributed by atoms with van der Waals surface area (Å²) >= 11 is 0. The summed E-state index contributed by atoms with van der Waals surface area (Å²) in [6.07, 6.45) is 1.50. The number of carbonyl (C=O) groups excluding carboxylic acids is 2. The highest BCUT2D eigenvalue weighted by Gasteiger charge is 2.41. The molecule has 0 bridgehead atoms. The van der Waals surface area contributed by atoms with E-state index in [1.807, 2.05) is 52.3 Å². The highest BCUT2D eigenvalue weighted by atomic mass is 16.6. The van der Waals surface area contributed by atoms with Crippen LogP contribution in [0.15, 0.2) is 78.9 Å². The zero-order valence-corrected chi connectivity index (χ0v) is 21.3. The van der Waals surface area contributed by atoms with Crippen molar-refractivity contribution >= 4 is 17.7 Å². The molecule has 1 atom stereocenters. The lowest BCUT2D eigenvalue weighted by Gasteiger charge is -2.43. The van der Waals surface area contributed by atoms with Gasteiger partial charge in [-0.25, -0.2) is 4.79 Å². The summed E-state index contributed by atoms with van der Waals surface area (Å²) in [5.41, 5.74) is 3.52. The molecule has 38 heavy (non-hydrogen) atoms. The van der Waals surface area contributed by atoms with Crippen molar-refractivity contribution in [2.75, 3.05) is 24.5 Å². The number of anilines is 1. The van der Waals surface area contributed by atoms with Gasteiger partial charge in [0.25, 0.3) is 0 Å². The van der Waals surface area contributed by atoms with E-state index in [-0.39, 0.29) is 37.5 Å². The molecule has 1 saturated carbocycles. The number of piperazine rings is 1. The lowest BCUT2D eigenvalue weighted by molar-refractivity contribution is -0.134. The van der Waals surface area contributed by atoms with Gasteiger partial charge in [-0.2, -0.15) is 0 Å². The van der Waals surface area contributed by atoms with Crippen LogP contribution in [0.3, 0.4) is 0 Å². The monoisotopic (exact) mass is 515 g/mol. The number of hydrogen-bond acceptors (Lipinski definition) is 6. The number of rotatable bonds is 8. The molecule has 1 aliphatic heterocycles. The smallest absolute Gasteiger partial charge is 0.410 e. The van der Waals surface area contributed by atoms with Crippen LogP contribution >= 0.6 is 0 Å². The first-order chi connectivity index (χ1) is 18.5. The molecular formula is C30H33N3O5. The predicted octanol–water partition coefficient (Wildman–Crippen LogP) is 3.90. The topological polar surface area (TPSA) is 93.5 Å². The SMILES string of the molecule is O=C(OCc1ccc(CO)cc1)N1CCN(c2ccc(O)cc2)[C@@H](C(=O)N(Cc2ccccc2)C2CC2)C1. The fourth-order valence-electron chi connectivity index (χ4n) is 4.84.